The first kappa shape index (κ1) is 12.4. The Morgan fingerprint density at radius 1 is 1.35 bits per heavy atom. The number of hydrogen-bond donors (Lipinski definition) is 2. The van der Waals surface area contributed by atoms with E-state index >= 15 is 0 Å². The molecule has 1 aromatic rings. The molecule has 94 valence electrons. The molecule has 0 bridgehead atoms. The monoisotopic (exact) mass is 235 g/mol. The fraction of sp³-hybridized carbons (Fsp3) is 0.571. The van der Waals surface area contributed by atoms with Gasteiger partial charge in [0, 0.05) is 6.04 Å². The largest absolute Gasteiger partial charge is 0.491 e. The van der Waals surface area contributed by atoms with E-state index in [0.717, 1.165) is 18.7 Å². The van der Waals surface area contributed by atoms with Crippen LogP contribution >= 0.6 is 0 Å². The molecule has 1 fully saturated rings. The van der Waals surface area contributed by atoms with Crippen molar-refractivity contribution in [3.8, 4) is 5.75 Å². The molecule has 1 saturated heterocycles. The fourth-order valence-electron chi connectivity index (χ4n) is 2.23. The average Bonchev–Trinajstić information content (AvgIpc) is 2.39. The van der Waals surface area contributed by atoms with Gasteiger partial charge in [-0.2, -0.15) is 0 Å². The predicted molar refractivity (Wildman–Crippen MR) is 68.2 cm³/mol. The highest BCUT2D eigenvalue weighted by Crippen LogP contribution is 2.20. The number of ether oxygens (including phenoxy) is 1. The summed E-state index contributed by atoms with van der Waals surface area (Å²) in [6.45, 7) is 3.17. The van der Waals surface area contributed by atoms with Crippen LogP contribution in [0.5, 0.6) is 5.75 Å². The van der Waals surface area contributed by atoms with Gasteiger partial charge in [0.25, 0.3) is 0 Å². The Hall–Kier alpha value is -1.06. The molecule has 2 N–H and O–H groups in total. The Labute approximate surface area is 103 Å². The van der Waals surface area contributed by atoms with E-state index in [0.29, 0.717) is 6.61 Å². The highest BCUT2D eigenvalue weighted by molar-refractivity contribution is 5.21. The van der Waals surface area contributed by atoms with Crippen molar-refractivity contribution in [3.63, 3.8) is 0 Å². The molecule has 1 heterocycles. The van der Waals surface area contributed by atoms with Crippen LogP contribution < -0.4 is 10.1 Å². The van der Waals surface area contributed by atoms with E-state index in [-0.39, 0.29) is 6.04 Å². The summed E-state index contributed by atoms with van der Waals surface area (Å²) in [4.78, 5) is 0. The number of rotatable bonds is 4. The third-order valence-electron chi connectivity index (χ3n) is 3.34. The second kappa shape index (κ2) is 5.52. The maximum absolute atomic E-state index is 10.4. The van der Waals surface area contributed by atoms with Gasteiger partial charge in [-0.25, -0.2) is 0 Å². The van der Waals surface area contributed by atoms with E-state index in [1.807, 2.05) is 37.3 Å². The molecule has 1 aliphatic rings. The van der Waals surface area contributed by atoms with E-state index in [4.69, 9.17) is 4.74 Å². The summed E-state index contributed by atoms with van der Waals surface area (Å²) in [6, 6.07) is 9.77. The number of hydrogen-bond acceptors (Lipinski definition) is 3. The van der Waals surface area contributed by atoms with Crippen molar-refractivity contribution >= 4 is 0 Å². The molecule has 0 amide bonds. The van der Waals surface area contributed by atoms with Crippen LogP contribution in [0.25, 0.3) is 0 Å². The van der Waals surface area contributed by atoms with Crippen LogP contribution in [0.2, 0.25) is 0 Å². The lowest BCUT2D eigenvalue weighted by molar-refractivity contribution is -0.0276. The summed E-state index contributed by atoms with van der Waals surface area (Å²) in [7, 11) is 0. The maximum atomic E-state index is 10.4. The van der Waals surface area contributed by atoms with Crippen molar-refractivity contribution in [1.82, 2.24) is 5.32 Å². The van der Waals surface area contributed by atoms with Gasteiger partial charge in [-0.3, -0.25) is 0 Å². The Morgan fingerprint density at radius 3 is 2.76 bits per heavy atom. The molecule has 0 aliphatic carbocycles. The number of piperidine rings is 1. The molecule has 1 aliphatic heterocycles. The molecule has 0 radical (unpaired) electrons. The first-order valence-electron chi connectivity index (χ1n) is 6.32. The SMILES string of the molecule is CC(O)(COc1ccccc1)C1CCCCN1. The minimum absolute atomic E-state index is 0.139. The van der Waals surface area contributed by atoms with Gasteiger partial charge in [-0.05, 0) is 38.4 Å². The van der Waals surface area contributed by atoms with Crippen LogP contribution in [0.3, 0.4) is 0 Å². The Bertz CT molecular complexity index is 331. The summed E-state index contributed by atoms with van der Waals surface area (Å²) in [5.41, 5.74) is -0.809. The molecule has 2 rings (SSSR count). The summed E-state index contributed by atoms with van der Waals surface area (Å²) in [5.74, 6) is 0.809. The van der Waals surface area contributed by atoms with Gasteiger partial charge >= 0.3 is 0 Å². The second-order valence-electron chi connectivity index (χ2n) is 4.96. The van der Waals surface area contributed by atoms with Crippen molar-refractivity contribution in [3.05, 3.63) is 30.3 Å². The molecule has 3 nitrogen and oxygen atoms in total. The van der Waals surface area contributed by atoms with Crippen molar-refractivity contribution in [2.24, 2.45) is 0 Å². The van der Waals surface area contributed by atoms with E-state index in [1.165, 1.54) is 12.8 Å². The van der Waals surface area contributed by atoms with Crippen LogP contribution in [0.15, 0.2) is 30.3 Å². The summed E-state index contributed by atoms with van der Waals surface area (Å²) in [5, 5.41) is 13.8. The van der Waals surface area contributed by atoms with Crippen molar-refractivity contribution < 1.29 is 9.84 Å². The van der Waals surface area contributed by atoms with Crippen molar-refractivity contribution in [1.29, 1.82) is 0 Å². The molecule has 17 heavy (non-hydrogen) atoms. The van der Waals surface area contributed by atoms with Crippen LogP contribution in [-0.4, -0.2) is 29.9 Å². The fourth-order valence-corrected chi connectivity index (χ4v) is 2.23. The molecule has 2 unspecified atom stereocenters. The van der Waals surface area contributed by atoms with Gasteiger partial charge in [0.2, 0.25) is 0 Å². The zero-order chi connectivity index (χ0) is 12.1. The first-order valence-corrected chi connectivity index (χ1v) is 6.32. The summed E-state index contributed by atoms with van der Waals surface area (Å²) in [6.07, 6.45) is 3.40. The van der Waals surface area contributed by atoms with Gasteiger partial charge in [-0.15, -0.1) is 0 Å². The molecule has 0 aromatic heterocycles. The number of aliphatic hydroxyl groups is 1. The van der Waals surface area contributed by atoms with Gasteiger partial charge < -0.3 is 15.2 Å². The molecule has 1 aromatic carbocycles. The minimum Gasteiger partial charge on any atom is -0.491 e. The molecule has 2 atom stereocenters. The first-order chi connectivity index (χ1) is 8.18. The van der Waals surface area contributed by atoms with Crippen LogP contribution in [0.1, 0.15) is 26.2 Å². The standard InChI is InChI=1S/C14H21NO2/c1-14(16,13-9-5-6-10-15-13)11-17-12-7-3-2-4-8-12/h2-4,7-8,13,15-16H,5-6,9-11H2,1H3. The lowest BCUT2D eigenvalue weighted by Crippen LogP contribution is -2.54. The minimum atomic E-state index is -0.809. The number of para-hydroxylation sites is 1. The quantitative estimate of drug-likeness (QED) is 0.838. The third-order valence-corrected chi connectivity index (χ3v) is 3.34. The lowest BCUT2D eigenvalue weighted by atomic mass is 9.90. The molecule has 3 heteroatoms. The Morgan fingerprint density at radius 2 is 2.12 bits per heavy atom. The van der Waals surface area contributed by atoms with E-state index in [2.05, 4.69) is 5.32 Å². The van der Waals surface area contributed by atoms with Gasteiger partial charge in [0.05, 0.1) is 0 Å². The smallest absolute Gasteiger partial charge is 0.119 e. The van der Waals surface area contributed by atoms with Gasteiger partial charge in [0.1, 0.15) is 18.0 Å². The zero-order valence-electron chi connectivity index (χ0n) is 10.4. The average molecular weight is 235 g/mol. The number of nitrogens with one attached hydrogen (secondary N) is 1. The van der Waals surface area contributed by atoms with Crippen molar-refractivity contribution in [2.45, 2.75) is 37.8 Å². The van der Waals surface area contributed by atoms with E-state index in [9.17, 15) is 5.11 Å². The molecule has 0 saturated carbocycles. The highest BCUT2D eigenvalue weighted by atomic mass is 16.5. The lowest BCUT2D eigenvalue weighted by Gasteiger charge is -2.36. The van der Waals surface area contributed by atoms with Crippen molar-refractivity contribution in [2.75, 3.05) is 13.2 Å². The maximum Gasteiger partial charge on any atom is 0.119 e. The normalized spacial score (nSPS) is 24.0. The van der Waals surface area contributed by atoms with E-state index in [1.54, 1.807) is 0 Å². The van der Waals surface area contributed by atoms with Gasteiger partial charge in [0.15, 0.2) is 0 Å². The number of benzene rings is 1. The molecular formula is C14H21NO2. The predicted octanol–water partition coefficient (Wildman–Crippen LogP) is 1.96. The summed E-state index contributed by atoms with van der Waals surface area (Å²) < 4.78 is 5.63. The van der Waals surface area contributed by atoms with Crippen LogP contribution in [0.4, 0.5) is 0 Å². The molecule has 0 spiro atoms. The Balaban J connectivity index is 1.88. The third kappa shape index (κ3) is 3.45. The molecular weight excluding hydrogens is 214 g/mol. The second-order valence-corrected chi connectivity index (χ2v) is 4.96. The topological polar surface area (TPSA) is 41.5 Å². The summed E-state index contributed by atoms with van der Waals surface area (Å²) >= 11 is 0. The Kier molecular flexibility index (Phi) is 4.02. The van der Waals surface area contributed by atoms with Gasteiger partial charge in [-0.1, -0.05) is 24.6 Å². The van der Waals surface area contributed by atoms with Crippen LogP contribution in [-0.2, 0) is 0 Å². The highest BCUT2D eigenvalue weighted by Gasteiger charge is 2.33. The van der Waals surface area contributed by atoms with Crippen LogP contribution in [0, 0.1) is 0 Å². The van der Waals surface area contributed by atoms with E-state index < -0.39 is 5.60 Å². The zero-order valence-corrected chi connectivity index (χ0v) is 10.4.